The number of hydrogen-bond donors (Lipinski definition) is 2. The zero-order chi connectivity index (χ0) is 16.1. The first-order chi connectivity index (χ1) is 11.2. The summed E-state index contributed by atoms with van der Waals surface area (Å²) in [6, 6.07) is 0.378. The predicted octanol–water partition coefficient (Wildman–Crippen LogP) is 2.74. The molecule has 1 unspecified atom stereocenters. The minimum atomic E-state index is 0. The van der Waals surface area contributed by atoms with Gasteiger partial charge in [0.2, 0.25) is 0 Å². The van der Waals surface area contributed by atoms with Gasteiger partial charge in [-0.2, -0.15) is 5.10 Å². The molecular formula is C17H31IN6. The number of aromatic nitrogens is 3. The Morgan fingerprint density at radius 3 is 2.88 bits per heavy atom. The maximum atomic E-state index is 4.93. The van der Waals surface area contributed by atoms with Crippen molar-refractivity contribution in [3.05, 3.63) is 12.2 Å². The molecule has 0 aromatic carbocycles. The topological polar surface area (TPSA) is 67.1 Å². The van der Waals surface area contributed by atoms with Crippen molar-refractivity contribution in [2.45, 2.75) is 71.4 Å². The molecule has 1 aliphatic heterocycles. The summed E-state index contributed by atoms with van der Waals surface area (Å²) < 4.78 is 2.01. The first-order valence-corrected chi connectivity index (χ1v) is 9.16. The van der Waals surface area contributed by atoms with Gasteiger partial charge in [-0.3, -0.25) is 4.99 Å². The van der Waals surface area contributed by atoms with Crippen molar-refractivity contribution in [3.63, 3.8) is 0 Å². The van der Waals surface area contributed by atoms with Gasteiger partial charge < -0.3 is 10.6 Å². The lowest BCUT2D eigenvalue weighted by molar-refractivity contribution is 0.296. The van der Waals surface area contributed by atoms with Crippen LogP contribution in [0.5, 0.6) is 0 Å². The van der Waals surface area contributed by atoms with Gasteiger partial charge in [-0.25, -0.2) is 9.67 Å². The van der Waals surface area contributed by atoms with Crippen LogP contribution < -0.4 is 10.6 Å². The molecule has 1 aromatic rings. The van der Waals surface area contributed by atoms with Crippen molar-refractivity contribution in [3.8, 4) is 0 Å². The van der Waals surface area contributed by atoms with Crippen LogP contribution in [0.3, 0.4) is 0 Å². The van der Waals surface area contributed by atoms with Crippen molar-refractivity contribution >= 4 is 29.9 Å². The van der Waals surface area contributed by atoms with Crippen molar-refractivity contribution in [1.82, 2.24) is 25.4 Å². The number of halogens is 1. The molecule has 1 aromatic heterocycles. The fraction of sp³-hybridized carbons (Fsp3) is 0.824. The molecule has 3 rings (SSSR count). The summed E-state index contributed by atoms with van der Waals surface area (Å²) in [5.41, 5.74) is 0.438. The summed E-state index contributed by atoms with van der Waals surface area (Å²) in [5.74, 6) is 2.06. The first kappa shape index (κ1) is 19.5. The van der Waals surface area contributed by atoms with Crippen molar-refractivity contribution in [1.29, 1.82) is 0 Å². The lowest BCUT2D eigenvalue weighted by atomic mass is 9.84. The van der Waals surface area contributed by atoms with E-state index in [1.807, 2.05) is 4.68 Å². The fourth-order valence-corrected chi connectivity index (χ4v) is 3.86. The summed E-state index contributed by atoms with van der Waals surface area (Å²) >= 11 is 0. The molecule has 0 saturated heterocycles. The van der Waals surface area contributed by atoms with Crippen LogP contribution in [-0.4, -0.2) is 39.9 Å². The minimum absolute atomic E-state index is 0. The summed E-state index contributed by atoms with van der Waals surface area (Å²) in [7, 11) is 0. The fourth-order valence-electron chi connectivity index (χ4n) is 3.86. The van der Waals surface area contributed by atoms with Crippen molar-refractivity contribution < 1.29 is 0 Å². The first-order valence-electron chi connectivity index (χ1n) is 9.16. The number of nitrogens with zero attached hydrogens (tertiary/aromatic N) is 4. The minimum Gasteiger partial charge on any atom is -0.357 e. The maximum absolute atomic E-state index is 4.93. The quantitative estimate of drug-likeness (QED) is 0.415. The van der Waals surface area contributed by atoms with Crippen LogP contribution in [0.1, 0.15) is 58.2 Å². The van der Waals surface area contributed by atoms with Gasteiger partial charge in [-0.05, 0) is 38.0 Å². The molecule has 1 atom stereocenters. The second-order valence-electron chi connectivity index (χ2n) is 6.99. The maximum Gasteiger partial charge on any atom is 0.191 e. The van der Waals surface area contributed by atoms with Gasteiger partial charge in [0.1, 0.15) is 12.2 Å². The summed E-state index contributed by atoms with van der Waals surface area (Å²) in [4.78, 5) is 9.22. The van der Waals surface area contributed by atoms with Gasteiger partial charge in [0.25, 0.3) is 0 Å². The Kier molecular flexibility index (Phi) is 7.31. The standard InChI is InChI=1S/C17H30N6.HI/c1-3-17(9-5-6-10-17)12-19-16(18-4-2)22-14-7-8-15-20-13-21-23(15)11-14;/h13-14H,3-12H2,1-2H3,(H2,18,19,22);1H. The average molecular weight is 446 g/mol. The van der Waals surface area contributed by atoms with Gasteiger partial charge in [0.05, 0.1) is 6.54 Å². The van der Waals surface area contributed by atoms with Crippen LogP contribution in [0.4, 0.5) is 0 Å². The highest BCUT2D eigenvalue weighted by Crippen LogP contribution is 2.41. The van der Waals surface area contributed by atoms with Crippen LogP contribution in [0, 0.1) is 5.41 Å². The number of rotatable bonds is 5. The largest absolute Gasteiger partial charge is 0.357 e. The second-order valence-corrected chi connectivity index (χ2v) is 6.99. The Bertz CT molecular complexity index is 535. The molecule has 2 heterocycles. The van der Waals surface area contributed by atoms with Gasteiger partial charge in [-0.15, -0.1) is 24.0 Å². The van der Waals surface area contributed by atoms with E-state index in [4.69, 9.17) is 4.99 Å². The summed E-state index contributed by atoms with van der Waals surface area (Å²) in [6.45, 7) is 7.15. The van der Waals surface area contributed by atoms with Crippen LogP contribution in [0.25, 0.3) is 0 Å². The number of aryl methyl sites for hydroxylation is 1. The van der Waals surface area contributed by atoms with Crippen LogP contribution >= 0.6 is 24.0 Å². The van der Waals surface area contributed by atoms with E-state index < -0.39 is 0 Å². The van der Waals surface area contributed by atoms with Gasteiger partial charge in [0.15, 0.2) is 5.96 Å². The van der Waals surface area contributed by atoms with E-state index in [2.05, 4.69) is 34.6 Å². The summed E-state index contributed by atoms with van der Waals surface area (Å²) in [6.07, 6.45) is 10.4. The lowest BCUT2D eigenvalue weighted by Crippen LogP contribution is -2.47. The molecule has 0 spiro atoms. The van der Waals surface area contributed by atoms with Crippen LogP contribution in [0.15, 0.2) is 11.3 Å². The Hall–Kier alpha value is -0.860. The van der Waals surface area contributed by atoms with Crippen molar-refractivity contribution in [2.75, 3.05) is 13.1 Å². The third-order valence-electron chi connectivity index (χ3n) is 5.48. The number of aliphatic imine (C=N–C) groups is 1. The molecule has 2 aliphatic rings. The van der Waals surface area contributed by atoms with Crippen molar-refractivity contribution in [2.24, 2.45) is 10.4 Å². The Labute approximate surface area is 162 Å². The van der Waals surface area contributed by atoms with E-state index in [1.54, 1.807) is 6.33 Å². The molecule has 7 heteroatoms. The number of guanidine groups is 1. The highest BCUT2D eigenvalue weighted by atomic mass is 127. The third kappa shape index (κ3) is 4.61. The average Bonchev–Trinajstić information content (AvgIpc) is 3.22. The van der Waals surface area contributed by atoms with E-state index in [-0.39, 0.29) is 24.0 Å². The highest BCUT2D eigenvalue weighted by molar-refractivity contribution is 14.0. The monoisotopic (exact) mass is 446 g/mol. The molecule has 2 N–H and O–H groups in total. The van der Waals surface area contributed by atoms with E-state index in [0.29, 0.717) is 11.5 Å². The van der Waals surface area contributed by atoms with E-state index in [9.17, 15) is 0 Å². The van der Waals surface area contributed by atoms with E-state index in [1.165, 1.54) is 32.1 Å². The van der Waals surface area contributed by atoms with Gasteiger partial charge in [-0.1, -0.05) is 19.8 Å². The van der Waals surface area contributed by atoms with Crippen LogP contribution in [-0.2, 0) is 13.0 Å². The SMILES string of the molecule is CCNC(=NCC1(CC)CCCC1)NC1CCc2ncnn2C1.I. The Morgan fingerprint density at radius 2 is 2.17 bits per heavy atom. The predicted molar refractivity (Wildman–Crippen MR) is 108 cm³/mol. The molecule has 24 heavy (non-hydrogen) atoms. The zero-order valence-corrected chi connectivity index (χ0v) is 17.3. The molecule has 1 aliphatic carbocycles. The number of fused-ring (bicyclic) bond motifs is 1. The molecule has 0 amide bonds. The van der Waals surface area contributed by atoms with E-state index >= 15 is 0 Å². The van der Waals surface area contributed by atoms with E-state index in [0.717, 1.165) is 44.3 Å². The van der Waals surface area contributed by atoms with Gasteiger partial charge >= 0.3 is 0 Å². The van der Waals surface area contributed by atoms with Gasteiger partial charge in [0, 0.05) is 25.6 Å². The Balaban J connectivity index is 0.00000208. The molecule has 136 valence electrons. The zero-order valence-electron chi connectivity index (χ0n) is 14.9. The molecule has 1 fully saturated rings. The highest BCUT2D eigenvalue weighted by Gasteiger charge is 2.32. The molecular weight excluding hydrogens is 415 g/mol. The normalized spacial score (nSPS) is 22.6. The smallest absolute Gasteiger partial charge is 0.191 e. The summed E-state index contributed by atoms with van der Waals surface area (Å²) in [5, 5.41) is 11.3. The van der Waals surface area contributed by atoms with Crippen LogP contribution in [0.2, 0.25) is 0 Å². The molecule has 6 nitrogen and oxygen atoms in total. The molecule has 0 radical (unpaired) electrons. The number of hydrogen-bond acceptors (Lipinski definition) is 3. The Morgan fingerprint density at radius 1 is 1.38 bits per heavy atom. The molecule has 1 saturated carbocycles. The number of nitrogens with one attached hydrogen (secondary N) is 2. The lowest BCUT2D eigenvalue weighted by Gasteiger charge is -2.28. The third-order valence-corrected chi connectivity index (χ3v) is 5.48. The molecule has 0 bridgehead atoms. The second kappa shape index (κ2) is 9.01.